The van der Waals surface area contributed by atoms with Crippen LogP contribution in [0.15, 0.2) is 48.5 Å². The number of fused-ring (bicyclic) bond motifs is 1. The lowest BCUT2D eigenvalue weighted by Gasteiger charge is -2.20. The second-order valence-corrected chi connectivity index (χ2v) is 8.97. The molecule has 2 amide bonds. The molecular formula is C27H28N6O3. The standard InChI is InChI=1S/C27H28N6O3/c1-32-22-16-20(10-7-15-33-13-5-6-14-33)11-12-23(22)36-18-21(27(32)35)28-26(34)25-29-24(30-31-25)17-19-8-3-2-4-9-19/h2-4,8-9,11-12,16,21H,5-6,13-15,17-18H2,1H3,(H,28,34)(H,29,30,31)/t21-/m0/s1. The third kappa shape index (κ3) is 5.39. The maximum absolute atomic E-state index is 13.2. The van der Waals surface area contributed by atoms with Crippen LogP contribution >= 0.6 is 0 Å². The second kappa shape index (κ2) is 10.6. The van der Waals surface area contributed by atoms with Crippen LogP contribution in [0.3, 0.4) is 0 Å². The predicted octanol–water partition coefficient (Wildman–Crippen LogP) is 2.00. The molecule has 3 heterocycles. The van der Waals surface area contributed by atoms with Crippen LogP contribution in [-0.4, -0.2) is 71.2 Å². The molecular weight excluding hydrogens is 456 g/mol. The number of hydrogen-bond acceptors (Lipinski definition) is 6. The largest absolute Gasteiger partial charge is 0.489 e. The summed E-state index contributed by atoms with van der Waals surface area (Å²) in [5.74, 6) is 6.69. The van der Waals surface area contributed by atoms with Gasteiger partial charge in [0.05, 0.1) is 12.2 Å². The highest BCUT2D eigenvalue weighted by atomic mass is 16.5. The molecule has 2 aliphatic rings. The van der Waals surface area contributed by atoms with Gasteiger partial charge in [0.2, 0.25) is 5.82 Å². The van der Waals surface area contributed by atoms with Gasteiger partial charge in [-0.2, -0.15) is 0 Å². The molecule has 36 heavy (non-hydrogen) atoms. The number of aromatic nitrogens is 3. The Labute approximate surface area is 209 Å². The first-order valence-corrected chi connectivity index (χ1v) is 12.1. The Kier molecular flexibility index (Phi) is 6.96. The lowest BCUT2D eigenvalue weighted by atomic mass is 10.1. The number of likely N-dealkylation sites (N-methyl/N-ethyl adjacent to an activating group) is 1. The number of amides is 2. The van der Waals surface area contributed by atoms with E-state index in [2.05, 4.69) is 37.2 Å². The number of hydrogen-bond donors (Lipinski definition) is 2. The van der Waals surface area contributed by atoms with Gasteiger partial charge < -0.3 is 15.0 Å². The average molecular weight is 485 g/mol. The van der Waals surface area contributed by atoms with Gasteiger partial charge in [-0.1, -0.05) is 42.2 Å². The Morgan fingerprint density at radius 2 is 2.00 bits per heavy atom. The van der Waals surface area contributed by atoms with Crippen LogP contribution < -0.4 is 15.0 Å². The first-order valence-electron chi connectivity index (χ1n) is 12.1. The van der Waals surface area contributed by atoms with Crippen molar-refractivity contribution in [2.24, 2.45) is 0 Å². The van der Waals surface area contributed by atoms with Crippen molar-refractivity contribution in [2.75, 3.05) is 38.2 Å². The number of anilines is 1. The summed E-state index contributed by atoms with van der Waals surface area (Å²) >= 11 is 0. The number of benzene rings is 2. The van der Waals surface area contributed by atoms with E-state index in [1.54, 1.807) is 7.05 Å². The molecule has 2 aliphatic heterocycles. The molecule has 3 aromatic rings. The predicted molar refractivity (Wildman–Crippen MR) is 135 cm³/mol. The molecule has 5 rings (SSSR count). The van der Waals surface area contributed by atoms with Gasteiger partial charge >= 0.3 is 0 Å². The molecule has 0 bridgehead atoms. The Bertz CT molecular complexity index is 1300. The summed E-state index contributed by atoms with van der Waals surface area (Å²) in [7, 11) is 1.67. The molecule has 9 heteroatoms. The zero-order valence-electron chi connectivity index (χ0n) is 20.2. The summed E-state index contributed by atoms with van der Waals surface area (Å²) in [4.78, 5) is 34.1. The van der Waals surface area contributed by atoms with Crippen molar-refractivity contribution in [3.63, 3.8) is 0 Å². The van der Waals surface area contributed by atoms with Crippen LogP contribution in [0.5, 0.6) is 5.75 Å². The second-order valence-electron chi connectivity index (χ2n) is 8.97. The van der Waals surface area contributed by atoms with Crippen LogP contribution in [0.1, 0.15) is 40.4 Å². The Hall–Kier alpha value is -4.16. The fraction of sp³-hybridized carbons (Fsp3) is 0.333. The molecule has 0 radical (unpaired) electrons. The molecule has 9 nitrogen and oxygen atoms in total. The van der Waals surface area contributed by atoms with Crippen LogP contribution in [0.2, 0.25) is 0 Å². The topological polar surface area (TPSA) is 103 Å². The van der Waals surface area contributed by atoms with E-state index in [4.69, 9.17) is 4.74 Å². The Morgan fingerprint density at radius 3 is 2.81 bits per heavy atom. The van der Waals surface area contributed by atoms with Crippen molar-refractivity contribution in [3.8, 4) is 17.6 Å². The number of nitrogens with one attached hydrogen (secondary N) is 2. The summed E-state index contributed by atoms with van der Waals surface area (Å²) < 4.78 is 5.88. The van der Waals surface area contributed by atoms with Crippen LogP contribution in [0.25, 0.3) is 0 Å². The molecule has 184 valence electrons. The fourth-order valence-electron chi connectivity index (χ4n) is 4.36. The van der Waals surface area contributed by atoms with Crippen molar-refractivity contribution in [1.82, 2.24) is 25.4 Å². The molecule has 2 aromatic carbocycles. The number of H-pyrrole nitrogens is 1. The van der Waals surface area contributed by atoms with Gasteiger partial charge in [-0.05, 0) is 49.7 Å². The number of ether oxygens (including phenoxy) is 1. The van der Waals surface area contributed by atoms with Crippen molar-refractivity contribution in [1.29, 1.82) is 0 Å². The number of likely N-dealkylation sites (tertiary alicyclic amines) is 1. The smallest absolute Gasteiger partial charge is 0.291 e. The maximum Gasteiger partial charge on any atom is 0.291 e. The summed E-state index contributed by atoms with van der Waals surface area (Å²) in [5.41, 5.74) is 2.48. The van der Waals surface area contributed by atoms with Gasteiger partial charge in [0.25, 0.3) is 11.8 Å². The summed E-state index contributed by atoms with van der Waals surface area (Å²) in [5, 5.41) is 9.53. The highest BCUT2D eigenvalue weighted by Gasteiger charge is 2.31. The SMILES string of the molecule is CN1C(=O)[C@@H](NC(=O)c2n[nH]c(Cc3ccccc3)n2)COc2ccc(C#CCN3CCCC3)cc21. The van der Waals surface area contributed by atoms with Gasteiger partial charge in [-0.25, -0.2) is 4.98 Å². The monoisotopic (exact) mass is 484 g/mol. The quantitative estimate of drug-likeness (QED) is 0.537. The Morgan fingerprint density at radius 1 is 1.19 bits per heavy atom. The van der Waals surface area contributed by atoms with E-state index in [1.807, 2.05) is 48.5 Å². The maximum atomic E-state index is 13.2. The van der Waals surface area contributed by atoms with Crippen molar-refractivity contribution in [3.05, 3.63) is 71.3 Å². The van der Waals surface area contributed by atoms with E-state index in [1.165, 1.54) is 17.7 Å². The Balaban J connectivity index is 1.23. The third-order valence-corrected chi connectivity index (χ3v) is 6.34. The molecule has 2 N–H and O–H groups in total. The van der Waals surface area contributed by atoms with Gasteiger partial charge in [0, 0.05) is 19.0 Å². The molecule has 0 unspecified atom stereocenters. The van der Waals surface area contributed by atoms with Crippen molar-refractivity contribution < 1.29 is 14.3 Å². The fourth-order valence-corrected chi connectivity index (χ4v) is 4.36. The molecule has 1 atom stereocenters. The normalized spacial score (nSPS) is 17.5. The van der Waals surface area contributed by atoms with Crippen molar-refractivity contribution in [2.45, 2.75) is 25.3 Å². The number of rotatable bonds is 5. The van der Waals surface area contributed by atoms with E-state index in [0.717, 1.165) is 30.8 Å². The van der Waals surface area contributed by atoms with Gasteiger partial charge in [0.1, 0.15) is 24.2 Å². The number of carbonyl (C=O) groups is 2. The number of carbonyl (C=O) groups excluding carboxylic acids is 2. The minimum Gasteiger partial charge on any atom is -0.489 e. The van der Waals surface area contributed by atoms with Gasteiger partial charge in [0.15, 0.2) is 0 Å². The summed E-state index contributed by atoms with van der Waals surface area (Å²) in [6.07, 6.45) is 2.98. The highest BCUT2D eigenvalue weighted by Crippen LogP contribution is 2.31. The van der Waals surface area contributed by atoms with E-state index in [-0.39, 0.29) is 18.3 Å². The average Bonchev–Trinajstić information content (AvgIpc) is 3.57. The van der Waals surface area contributed by atoms with E-state index in [0.29, 0.717) is 23.7 Å². The highest BCUT2D eigenvalue weighted by molar-refractivity contribution is 6.02. The third-order valence-electron chi connectivity index (χ3n) is 6.34. The van der Waals surface area contributed by atoms with Gasteiger partial charge in [-0.15, -0.1) is 5.10 Å². The zero-order chi connectivity index (χ0) is 24.9. The molecule has 1 saturated heterocycles. The zero-order valence-corrected chi connectivity index (χ0v) is 20.2. The van der Waals surface area contributed by atoms with Crippen LogP contribution in [0.4, 0.5) is 5.69 Å². The molecule has 0 spiro atoms. The summed E-state index contributed by atoms with van der Waals surface area (Å²) in [6, 6.07) is 14.4. The van der Waals surface area contributed by atoms with Crippen LogP contribution in [-0.2, 0) is 11.2 Å². The van der Waals surface area contributed by atoms with E-state index >= 15 is 0 Å². The minimum atomic E-state index is -0.879. The molecule has 1 fully saturated rings. The number of aromatic amines is 1. The molecule has 0 saturated carbocycles. The van der Waals surface area contributed by atoms with Crippen molar-refractivity contribution >= 4 is 17.5 Å². The minimum absolute atomic E-state index is 0.00317. The lowest BCUT2D eigenvalue weighted by Crippen LogP contribution is -2.49. The first-order chi connectivity index (χ1) is 17.6. The number of nitrogens with zero attached hydrogens (tertiary/aromatic N) is 4. The van der Waals surface area contributed by atoms with E-state index < -0.39 is 11.9 Å². The first kappa shape index (κ1) is 23.6. The van der Waals surface area contributed by atoms with Gasteiger partial charge in [-0.3, -0.25) is 19.6 Å². The summed E-state index contributed by atoms with van der Waals surface area (Å²) in [6.45, 7) is 2.94. The molecule has 0 aliphatic carbocycles. The lowest BCUT2D eigenvalue weighted by molar-refractivity contribution is -0.120. The molecule has 1 aromatic heterocycles. The van der Waals surface area contributed by atoms with E-state index in [9.17, 15) is 9.59 Å². The van der Waals surface area contributed by atoms with Crippen LogP contribution in [0, 0.1) is 11.8 Å².